The molecule has 0 nitrogen and oxygen atoms in total. The minimum absolute atomic E-state index is 0.861. The Labute approximate surface area is 100 Å². The zero-order valence-electron chi connectivity index (χ0n) is 9.19. The molecule has 0 radical (unpaired) electrons. The standard InChI is InChI=1S/C10H22Br2P/c1-5-9(3)13(12,8-7-11)10(4)6-2/h9-10H,5-8H2,1-4H3/q+1. The lowest BCUT2D eigenvalue weighted by Gasteiger charge is -2.30. The average Bonchev–Trinajstić information content (AvgIpc) is 2.15. The maximum Gasteiger partial charge on any atom is 0.139 e. The van der Waals surface area contributed by atoms with E-state index >= 15 is 0 Å². The Morgan fingerprint density at radius 1 is 1.08 bits per heavy atom. The largest absolute Gasteiger partial charge is 0.139 e. The van der Waals surface area contributed by atoms with Crippen LogP contribution in [0, 0.1) is 0 Å². The summed E-state index contributed by atoms with van der Waals surface area (Å²) in [5.41, 5.74) is 1.72. The Bertz CT molecular complexity index is 129. The van der Waals surface area contributed by atoms with E-state index in [9.17, 15) is 0 Å². The molecule has 0 fully saturated rings. The molecule has 2 atom stereocenters. The van der Waals surface area contributed by atoms with Gasteiger partial charge in [0.2, 0.25) is 0 Å². The van der Waals surface area contributed by atoms with E-state index < -0.39 is 5.96 Å². The molecule has 0 heterocycles. The minimum atomic E-state index is -0.886. The van der Waals surface area contributed by atoms with Crippen molar-refractivity contribution >= 4 is 37.4 Å². The average molecular weight is 333 g/mol. The molecular formula is C10H22Br2P+. The molecule has 0 aromatic heterocycles. The van der Waals surface area contributed by atoms with E-state index in [1.807, 2.05) is 0 Å². The zero-order valence-corrected chi connectivity index (χ0v) is 13.3. The normalized spacial score (nSPS) is 20.8. The molecule has 0 saturated heterocycles. The summed E-state index contributed by atoms with van der Waals surface area (Å²) in [6.07, 6.45) is 3.93. The lowest BCUT2D eigenvalue weighted by Crippen LogP contribution is -2.18. The molecule has 2 unspecified atom stereocenters. The van der Waals surface area contributed by atoms with Gasteiger partial charge in [0.25, 0.3) is 0 Å². The molecule has 0 bridgehead atoms. The summed E-state index contributed by atoms with van der Waals surface area (Å²) in [6.45, 7) is 9.41. The van der Waals surface area contributed by atoms with Crippen LogP contribution in [0.25, 0.3) is 0 Å². The van der Waals surface area contributed by atoms with Gasteiger partial charge in [-0.1, -0.05) is 29.8 Å². The highest BCUT2D eigenvalue weighted by Crippen LogP contribution is 2.74. The van der Waals surface area contributed by atoms with Crippen LogP contribution in [0.3, 0.4) is 0 Å². The Kier molecular flexibility index (Phi) is 7.52. The van der Waals surface area contributed by atoms with Gasteiger partial charge in [-0.05, 0) is 26.7 Å². The smallest absolute Gasteiger partial charge is 0.0888 e. The number of alkyl halides is 1. The fraction of sp³-hybridized carbons (Fsp3) is 1.00. The van der Waals surface area contributed by atoms with Gasteiger partial charge in [-0.15, -0.1) is 0 Å². The predicted molar refractivity (Wildman–Crippen MR) is 74.0 cm³/mol. The maximum atomic E-state index is 4.08. The van der Waals surface area contributed by atoms with Crippen LogP contribution in [0.1, 0.15) is 40.5 Å². The number of halogens is 2. The van der Waals surface area contributed by atoms with Gasteiger partial charge in [0.05, 0.1) is 23.4 Å². The second kappa shape index (κ2) is 6.80. The van der Waals surface area contributed by atoms with Crippen molar-refractivity contribution in [2.24, 2.45) is 0 Å². The zero-order chi connectivity index (χ0) is 10.5. The first-order chi connectivity index (χ1) is 6.02. The summed E-state index contributed by atoms with van der Waals surface area (Å²) >= 11 is 7.66. The molecule has 0 rings (SSSR count). The number of hydrogen-bond donors (Lipinski definition) is 0. The van der Waals surface area contributed by atoms with Gasteiger partial charge >= 0.3 is 0 Å². The predicted octanol–water partition coefficient (Wildman–Crippen LogP) is 5.31. The van der Waals surface area contributed by atoms with Gasteiger partial charge < -0.3 is 0 Å². The van der Waals surface area contributed by atoms with E-state index in [1.165, 1.54) is 19.0 Å². The Hall–Kier alpha value is 1.39. The third-order valence-corrected chi connectivity index (χ3v) is 13.9. The monoisotopic (exact) mass is 331 g/mol. The Balaban J connectivity index is 4.50. The highest BCUT2D eigenvalue weighted by molar-refractivity contribution is 9.42. The minimum Gasteiger partial charge on any atom is -0.0888 e. The molecule has 0 aromatic carbocycles. The quantitative estimate of drug-likeness (QED) is 0.457. The van der Waals surface area contributed by atoms with Crippen LogP contribution >= 0.6 is 37.4 Å². The Morgan fingerprint density at radius 3 is 1.69 bits per heavy atom. The molecule has 0 saturated carbocycles. The van der Waals surface area contributed by atoms with Crippen LogP contribution in [0.2, 0.25) is 0 Å². The summed E-state index contributed by atoms with van der Waals surface area (Å²) in [5, 5.41) is 1.14. The van der Waals surface area contributed by atoms with Crippen molar-refractivity contribution in [2.75, 3.05) is 11.5 Å². The fourth-order valence-corrected chi connectivity index (χ4v) is 10.3. The molecule has 0 aliphatic carbocycles. The number of rotatable bonds is 6. The highest BCUT2D eigenvalue weighted by Gasteiger charge is 2.44. The maximum absolute atomic E-state index is 4.08. The molecule has 0 aliphatic rings. The van der Waals surface area contributed by atoms with E-state index in [0.29, 0.717) is 0 Å². The van der Waals surface area contributed by atoms with Crippen LogP contribution in [0.4, 0.5) is 0 Å². The van der Waals surface area contributed by atoms with E-state index in [-0.39, 0.29) is 0 Å². The molecule has 0 aliphatic heterocycles. The van der Waals surface area contributed by atoms with Gasteiger partial charge in [-0.25, -0.2) is 0 Å². The van der Waals surface area contributed by atoms with Gasteiger partial charge in [-0.2, -0.15) is 0 Å². The third-order valence-electron chi connectivity index (χ3n) is 3.07. The summed E-state index contributed by atoms with van der Waals surface area (Å²) in [4.78, 5) is 0. The highest BCUT2D eigenvalue weighted by atomic mass is 79.9. The van der Waals surface area contributed by atoms with Crippen molar-refractivity contribution in [3.63, 3.8) is 0 Å². The number of hydrogen-bond acceptors (Lipinski definition) is 0. The summed E-state index contributed by atoms with van der Waals surface area (Å²) in [6, 6.07) is 0. The molecule has 13 heavy (non-hydrogen) atoms. The van der Waals surface area contributed by atoms with Crippen LogP contribution < -0.4 is 0 Å². The molecular weight excluding hydrogens is 311 g/mol. The van der Waals surface area contributed by atoms with Gasteiger partial charge in [-0.3, -0.25) is 0 Å². The molecule has 3 heteroatoms. The van der Waals surface area contributed by atoms with E-state index in [1.54, 1.807) is 0 Å². The van der Waals surface area contributed by atoms with Crippen LogP contribution in [-0.2, 0) is 0 Å². The van der Waals surface area contributed by atoms with Gasteiger partial charge in [0.1, 0.15) is 15.5 Å². The molecule has 0 N–H and O–H groups in total. The lowest BCUT2D eigenvalue weighted by atomic mass is 10.4. The SMILES string of the molecule is CCC(C)[P+](Br)(CCBr)C(C)CC. The first-order valence-corrected chi connectivity index (χ1v) is 10.4. The summed E-state index contributed by atoms with van der Waals surface area (Å²) < 4.78 is 0. The Morgan fingerprint density at radius 2 is 1.46 bits per heavy atom. The van der Waals surface area contributed by atoms with Crippen molar-refractivity contribution in [1.29, 1.82) is 0 Å². The van der Waals surface area contributed by atoms with E-state index in [2.05, 4.69) is 59.1 Å². The van der Waals surface area contributed by atoms with Crippen LogP contribution in [0.5, 0.6) is 0 Å². The second-order valence-corrected chi connectivity index (χ2v) is 12.4. The molecule has 80 valence electrons. The lowest BCUT2D eigenvalue weighted by molar-refractivity contribution is 0.828. The van der Waals surface area contributed by atoms with Crippen molar-refractivity contribution in [1.82, 2.24) is 0 Å². The van der Waals surface area contributed by atoms with E-state index in [4.69, 9.17) is 0 Å². The van der Waals surface area contributed by atoms with Crippen molar-refractivity contribution < 1.29 is 0 Å². The molecule has 0 amide bonds. The second-order valence-electron chi connectivity index (χ2n) is 3.76. The first-order valence-electron chi connectivity index (χ1n) is 5.15. The first kappa shape index (κ1) is 14.4. The fourth-order valence-electron chi connectivity index (χ4n) is 1.61. The van der Waals surface area contributed by atoms with E-state index in [0.717, 1.165) is 16.6 Å². The topological polar surface area (TPSA) is 0 Å². The van der Waals surface area contributed by atoms with Gasteiger partial charge in [0, 0.05) is 5.33 Å². The van der Waals surface area contributed by atoms with Crippen molar-refractivity contribution in [3.05, 3.63) is 0 Å². The van der Waals surface area contributed by atoms with Crippen LogP contribution in [0.15, 0.2) is 0 Å². The molecule has 0 aromatic rings. The summed E-state index contributed by atoms with van der Waals surface area (Å²) in [7, 11) is 0. The van der Waals surface area contributed by atoms with Crippen LogP contribution in [-0.4, -0.2) is 22.8 Å². The van der Waals surface area contributed by atoms with Crippen molar-refractivity contribution in [3.8, 4) is 0 Å². The van der Waals surface area contributed by atoms with Crippen molar-refractivity contribution in [2.45, 2.75) is 51.9 Å². The third kappa shape index (κ3) is 3.80. The molecule has 0 spiro atoms. The summed E-state index contributed by atoms with van der Waals surface area (Å²) in [5.74, 6) is -0.886. The van der Waals surface area contributed by atoms with Gasteiger partial charge in [0.15, 0.2) is 0 Å².